The van der Waals surface area contributed by atoms with E-state index in [1.165, 1.54) is 4.90 Å². The van der Waals surface area contributed by atoms with Crippen molar-refractivity contribution >= 4 is 53.3 Å². The molecule has 12 nitrogen and oxygen atoms in total. The van der Waals surface area contributed by atoms with Gasteiger partial charge in [-0.25, -0.2) is 4.79 Å². The van der Waals surface area contributed by atoms with Crippen molar-refractivity contribution in [3.05, 3.63) is 126 Å². The molecule has 0 bridgehead atoms. The molecular formula is C38H36N3O9P. The minimum atomic E-state index is -3.79. The molecule has 2 aliphatic rings. The number of carboxylic acid groups (broad SMARTS) is 1. The number of ketones is 1. The lowest BCUT2D eigenvalue weighted by molar-refractivity contribution is -0.140. The fraction of sp³-hybridized carbons (Fsp3) is 0.237. The first-order valence-corrected chi connectivity index (χ1v) is 18.1. The smallest absolute Gasteiger partial charge is 0.408 e. The lowest BCUT2D eigenvalue weighted by Crippen LogP contribution is -2.56. The van der Waals surface area contributed by atoms with Gasteiger partial charge < -0.3 is 25.0 Å². The van der Waals surface area contributed by atoms with Gasteiger partial charge in [-0.3, -0.25) is 28.6 Å². The highest BCUT2D eigenvalue weighted by molar-refractivity contribution is 7.74. The second-order valence-electron chi connectivity index (χ2n) is 12.3. The Kier molecular flexibility index (Phi) is 10.7. The van der Waals surface area contributed by atoms with E-state index >= 15 is 0 Å². The molecule has 4 aromatic carbocycles. The number of aliphatic carboxylic acids is 1. The fourth-order valence-corrected chi connectivity index (χ4v) is 8.41. The van der Waals surface area contributed by atoms with Gasteiger partial charge in [0, 0.05) is 17.0 Å². The number of alkyl carbamates (subject to hydrolysis) is 1. The molecule has 262 valence electrons. The van der Waals surface area contributed by atoms with Gasteiger partial charge in [0.05, 0.1) is 12.1 Å². The van der Waals surface area contributed by atoms with E-state index in [0.29, 0.717) is 22.7 Å². The van der Waals surface area contributed by atoms with Crippen molar-refractivity contribution in [2.75, 3.05) is 11.5 Å². The van der Waals surface area contributed by atoms with Gasteiger partial charge in [0.15, 0.2) is 5.78 Å². The number of carbonyl (C=O) groups is 5. The van der Waals surface area contributed by atoms with Crippen molar-refractivity contribution in [3.63, 3.8) is 0 Å². The zero-order valence-electron chi connectivity index (χ0n) is 27.5. The molecule has 0 aromatic heterocycles. The molecule has 3 amide bonds. The topological polar surface area (TPSA) is 168 Å². The summed E-state index contributed by atoms with van der Waals surface area (Å²) in [5, 5.41) is 15.5. The molecule has 51 heavy (non-hydrogen) atoms. The average molecular weight is 710 g/mol. The molecule has 2 heterocycles. The van der Waals surface area contributed by atoms with Crippen molar-refractivity contribution in [3.8, 4) is 0 Å². The van der Waals surface area contributed by atoms with Gasteiger partial charge in [0.1, 0.15) is 31.3 Å². The van der Waals surface area contributed by atoms with Gasteiger partial charge >= 0.3 is 12.1 Å². The number of nitrogens with one attached hydrogen (secondary N) is 2. The summed E-state index contributed by atoms with van der Waals surface area (Å²) in [7, 11) is -3.79. The number of benzene rings is 4. The molecule has 3 N–H and O–H groups in total. The molecule has 0 aliphatic carbocycles. The minimum Gasteiger partial charge on any atom is -0.481 e. The zero-order chi connectivity index (χ0) is 36.0. The van der Waals surface area contributed by atoms with Gasteiger partial charge in [0.2, 0.25) is 11.8 Å². The molecule has 2 aliphatic heterocycles. The molecule has 0 fully saturated rings. The number of hydrogen-bond donors (Lipinski definition) is 3. The van der Waals surface area contributed by atoms with Crippen molar-refractivity contribution in [2.24, 2.45) is 0 Å². The number of nitrogens with zero attached hydrogens (tertiary/aromatic N) is 1. The van der Waals surface area contributed by atoms with Crippen LogP contribution in [0.2, 0.25) is 0 Å². The number of anilines is 1. The van der Waals surface area contributed by atoms with E-state index in [2.05, 4.69) is 10.6 Å². The third-order valence-electron chi connectivity index (χ3n) is 8.88. The molecule has 0 spiro atoms. The predicted octanol–water partition coefficient (Wildman–Crippen LogP) is 3.66. The normalized spacial score (nSPS) is 17.1. The lowest BCUT2D eigenvalue weighted by atomic mass is 10.0. The van der Waals surface area contributed by atoms with Gasteiger partial charge in [-0.05, 0) is 53.8 Å². The quantitative estimate of drug-likeness (QED) is 0.176. The van der Waals surface area contributed by atoms with Crippen LogP contribution in [-0.2, 0) is 52.5 Å². The summed E-state index contributed by atoms with van der Waals surface area (Å²) in [4.78, 5) is 67.5. The van der Waals surface area contributed by atoms with E-state index in [9.17, 15) is 33.6 Å². The third-order valence-corrected chi connectivity index (χ3v) is 11.3. The van der Waals surface area contributed by atoms with Crippen LogP contribution in [0.4, 0.5) is 10.5 Å². The standard InChI is InChI=1S/C38H36N3O9P/c42-33(24-50-51(48,28-15-6-2-7-16-28)29-17-8-3-9-18-29)31(22-34(43)44)39-36(45)32-21-27-14-10-13-26-19-20-30(37(46)41(32)35(26)27)40-38(47)49-23-25-11-4-1-5-12-25/h1-18,30-32H,19-24H2,(H,39,45)(H,40,47)(H,43,44)/t30?,31?,32-/m0/s1. The number of Topliss-reactive ketones (excluding diaryl/α,β-unsaturated/α-hetero) is 1. The Hall–Kier alpha value is -5.58. The van der Waals surface area contributed by atoms with Crippen LogP contribution in [0.25, 0.3) is 0 Å². The molecule has 4 aromatic rings. The minimum absolute atomic E-state index is 0.00155. The number of rotatable bonds is 13. The number of carboxylic acids is 1. The highest BCUT2D eigenvalue weighted by Gasteiger charge is 2.45. The highest BCUT2D eigenvalue weighted by atomic mass is 31.2. The van der Waals surface area contributed by atoms with E-state index in [0.717, 1.165) is 16.7 Å². The largest absolute Gasteiger partial charge is 0.481 e. The van der Waals surface area contributed by atoms with Crippen LogP contribution in [0.1, 0.15) is 29.5 Å². The second-order valence-corrected chi connectivity index (χ2v) is 14.7. The van der Waals surface area contributed by atoms with Crippen molar-refractivity contribution < 1.29 is 42.9 Å². The van der Waals surface area contributed by atoms with Gasteiger partial charge in [-0.2, -0.15) is 0 Å². The first kappa shape index (κ1) is 35.3. The van der Waals surface area contributed by atoms with Gasteiger partial charge in [0.25, 0.3) is 7.37 Å². The van der Waals surface area contributed by atoms with Crippen LogP contribution >= 0.6 is 7.37 Å². The van der Waals surface area contributed by atoms with Crippen LogP contribution in [0, 0.1) is 0 Å². The van der Waals surface area contributed by atoms with Crippen LogP contribution < -0.4 is 26.1 Å². The first-order valence-electron chi connectivity index (χ1n) is 16.5. The molecule has 2 unspecified atom stereocenters. The second kappa shape index (κ2) is 15.5. The Balaban J connectivity index is 1.19. The molecule has 3 atom stereocenters. The van der Waals surface area contributed by atoms with Gasteiger partial charge in [-0.15, -0.1) is 0 Å². The number of para-hydroxylation sites is 1. The Labute approximate surface area is 294 Å². The molecule has 0 radical (unpaired) electrons. The summed E-state index contributed by atoms with van der Waals surface area (Å²) in [5.74, 6) is -3.46. The Morgan fingerprint density at radius 3 is 2.08 bits per heavy atom. The fourth-order valence-electron chi connectivity index (χ4n) is 6.37. The summed E-state index contributed by atoms with van der Waals surface area (Å²) >= 11 is 0. The SMILES string of the molecule is O=C(O)CC(NC(=O)[C@@H]1Cc2cccc3c2N1C(=O)C(NC(=O)OCc1ccccc1)CC3)C(=O)COP(=O)(c1ccccc1)c1ccccc1. The Bertz CT molecular complexity index is 1930. The number of carbonyl (C=O) groups excluding carboxylic acids is 4. The summed E-state index contributed by atoms with van der Waals surface area (Å²) in [5.41, 5.74) is 2.86. The number of hydrogen-bond acceptors (Lipinski definition) is 8. The third kappa shape index (κ3) is 7.93. The lowest BCUT2D eigenvalue weighted by Gasteiger charge is -2.29. The highest BCUT2D eigenvalue weighted by Crippen LogP contribution is 2.44. The van der Waals surface area contributed by atoms with Crippen LogP contribution in [0.3, 0.4) is 0 Å². The maximum absolute atomic E-state index is 14.3. The van der Waals surface area contributed by atoms with Crippen molar-refractivity contribution in [1.82, 2.24) is 10.6 Å². The maximum atomic E-state index is 14.3. The van der Waals surface area contributed by atoms with E-state index in [1.54, 1.807) is 78.9 Å². The number of ether oxygens (including phenoxy) is 1. The van der Waals surface area contributed by atoms with Gasteiger partial charge in [-0.1, -0.05) is 84.9 Å². The Morgan fingerprint density at radius 1 is 0.843 bits per heavy atom. The van der Waals surface area contributed by atoms with Crippen LogP contribution in [-0.4, -0.2) is 59.5 Å². The molecular weight excluding hydrogens is 673 g/mol. The number of amides is 3. The number of aryl methyl sites for hydroxylation is 1. The maximum Gasteiger partial charge on any atom is 0.408 e. The zero-order valence-corrected chi connectivity index (χ0v) is 28.4. The van der Waals surface area contributed by atoms with Crippen LogP contribution in [0.5, 0.6) is 0 Å². The van der Waals surface area contributed by atoms with Crippen LogP contribution in [0.15, 0.2) is 109 Å². The van der Waals surface area contributed by atoms with E-state index < -0.39 is 68.2 Å². The molecule has 13 heteroatoms. The summed E-state index contributed by atoms with van der Waals surface area (Å²) in [6.07, 6.45) is -0.775. The van der Waals surface area contributed by atoms with E-state index in [1.807, 2.05) is 30.3 Å². The average Bonchev–Trinajstić information content (AvgIpc) is 3.49. The molecule has 0 saturated heterocycles. The molecule has 0 saturated carbocycles. The van der Waals surface area contributed by atoms with Crippen molar-refractivity contribution in [1.29, 1.82) is 0 Å². The summed E-state index contributed by atoms with van der Waals surface area (Å²) in [6.45, 7) is -0.754. The van der Waals surface area contributed by atoms with Crippen molar-refractivity contribution in [2.45, 2.75) is 50.4 Å². The van der Waals surface area contributed by atoms with E-state index in [-0.39, 0.29) is 19.4 Å². The predicted molar refractivity (Wildman–Crippen MR) is 188 cm³/mol. The monoisotopic (exact) mass is 709 g/mol. The summed E-state index contributed by atoms with van der Waals surface area (Å²) < 4.78 is 25.4. The van der Waals surface area contributed by atoms with E-state index in [4.69, 9.17) is 9.26 Å². The Morgan fingerprint density at radius 2 is 1.45 bits per heavy atom. The first-order chi connectivity index (χ1) is 24.6. The molecule has 6 rings (SSSR count). The summed E-state index contributed by atoms with van der Waals surface area (Å²) in [6, 6.07) is 27.5.